The Balaban J connectivity index is 1.40. The summed E-state index contributed by atoms with van der Waals surface area (Å²) in [6.45, 7) is 7.84. The van der Waals surface area contributed by atoms with Crippen LogP contribution in [0.2, 0.25) is 0 Å². The minimum absolute atomic E-state index is 0.119. The second kappa shape index (κ2) is 8.39. The minimum Gasteiger partial charge on any atom is -0.497 e. The van der Waals surface area contributed by atoms with E-state index in [0.29, 0.717) is 0 Å². The first-order valence-corrected chi connectivity index (χ1v) is 10.5. The van der Waals surface area contributed by atoms with Gasteiger partial charge in [0.05, 0.1) is 24.2 Å². The fourth-order valence-corrected chi connectivity index (χ4v) is 4.63. The Hall–Kier alpha value is -2.64. The number of carbonyl (C=O) groups excluding carboxylic acids is 1. The molecule has 152 valence electrons. The largest absolute Gasteiger partial charge is 0.497 e. The molecule has 7 heteroatoms. The molecular weight excluding hydrogens is 386 g/mol. The van der Waals surface area contributed by atoms with Gasteiger partial charge in [-0.05, 0) is 43.2 Å². The first-order valence-electron chi connectivity index (χ1n) is 9.72. The summed E-state index contributed by atoms with van der Waals surface area (Å²) in [6, 6.07) is 11.9. The summed E-state index contributed by atoms with van der Waals surface area (Å²) in [5.74, 6) is 1.82. The van der Waals surface area contributed by atoms with Crippen molar-refractivity contribution in [2.45, 2.75) is 20.4 Å². The molecule has 0 radical (unpaired) electrons. The molecule has 2 aromatic heterocycles. The first-order chi connectivity index (χ1) is 14.0. The lowest BCUT2D eigenvalue weighted by atomic mass is 10.1. The Morgan fingerprint density at radius 3 is 2.48 bits per heavy atom. The number of ether oxygens (including phenoxy) is 1. The Kier molecular flexibility index (Phi) is 5.69. The molecule has 0 saturated carbocycles. The van der Waals surface area contributed by atoms with Crippen molar-refractivity contribution >= 4 is 17.2 Å². The molecule has 0 spiro atoms. The number of benzene rings is 1. The summed E-state index contributed by atoms with van der Waals surface area (Å²) in [5, 5.41) is 3.94. The highest BCUT2D eigenvalue weighted by molar-refractivity contribution is 7.14. The van der Waals surface area contributed by atoms with Gasteiger partial charge in [0.1, 0.15) is 5.75 Å². The summed E-state index contributed by atoms with van der Waals surface area (Å²) in [6.07, 6.45) is 0. The number of aryl methyl sites for hydroxylation is 2. The van der Waals surface area contributed by atoms with Gasteiger partial charge >= 0.3 is 0 Å². The zero-order valence-electron chi connectivity index (χ0n) is 17.0. The summed E-state index contributed by atoms with van der Waals surface area (Å²) in [7, 11) is 1.66. The predicted molar refractivity (Wildman–Crippen MR) is 113 cm³/mol. The second-order valence-electron chi connectivity index (χ2n) is 7.31. The minimum atomic E-state index is 0.119. The number of methoxy groups -OCH3 is 1. The molecule has 0 N–H and O–H groups in total. The van der Waals surface area contributed by atoms with E-state index in [1.807, 2.05) is 48.2 Å². The monoisotopic (exact) mass is 411 g/mol. The molecule has 1 aromatic carbocycles. The van der Waals surface area contributed by atoms with E-state index < -0.39 is 0 Å². The molecule has 1 aliphatic rings. The maximum absolute atomic E-state index is 13.0. The number of carbonyl (C=O) groups is 1. The van der Waals surface area contributed by atoms with Crippen molar-refractivity contribution in [1.82, 2.24) is 15.0 Å². The Morgan fingerprint density at radius 1 is 1.14 bits per heavy atom. The molecule has 3 aromatic rings. The van der Waals surface area contributed by atoms with Crippen LogP contribution in [0.3, 0.4) is 0 Å². The van der Waals surface area contributed by atoms with Crippen molar-refractivity contribution < 1.29 is 14.1 Å². The molecule has 1 fully saturated rings. The van der Waals surface area contributed by atoms with Gasteiger partial charge in [-0.1, -0.05) is 17.3 Å². The number of rotatable bonds is 5. The van der Waals surface area contributed by atoms with Crippen LogP contribution in [0.1, 0.15) is 26.0 Å². The van der Waals surface area contributed by atoms with Crippen LogP contribution in [0.4, 0.5) is 0 Å². The molecule has 1 amide bonds. The van der Waals surface area contributed by atoms with Gasteiger partial charge in [-0.2, -0.15) is 0 Å². The number of hydrogen-bond acceptors (Lipinski definition) is 6. The molecule has 6 nitrogen and oxygen atoms in total. The van der Waals surface area contributed by atoms with E-state index in [1.165, 1.54) is 0 Å². The third kappa shape index (κ3) is 4.36. The quantitative estimate of drug-likeness (QED) is 0.635. The van der Waals surface area contributed by atoms with Crippen LogP contribution < -0.4 is 4.74 Å². The highest BCUT2D eigenvalue weighted by Gasteiger charge is 2.24. The average molecular weight is 412 g/mol. The number of piperazine rings is 1. The lowest BCUT2D eigenvalue weighted by Gasteiger charge is -2.33. The molecule has 1 aliphatic heterocycles. The van der Waals surface area contributed by atoms with Crippen LogP contribution in [0.15, 0.2) is 40.9 Å². The Morgan fingerprint density at radius 2 is 1.86 bits per heavy atom. The Bertz CT molecular complexity index is 985. The van der Waals surface area contributed by atoms with Crippen LogP contribution in [-0.4, -0.2) is 54.2 Å². The molecule has 4 rings (SSSR count). The Labute approximate surface area is 174 Å². The number of thiophene rings is 1. The van der Waals surface area contributed by atoms with E-state index in [2.05, 4.69) is 17.0 Å². The van der Waals surface area contributed by atoms with Crippen molar-refractivity contribution in [2.75, 3.05) is 33.3 Å². The van der Waals surface area contributed by atoms with Gasteiger partial charge in [-0.3, -0.25) is 9.69 Å². The van der Waals surface area contributed by atoms with E-state index in [9.17, 15) is 4.79 Å². The SMILES string of the molecule is COc1ccc(-c2cc(C(=O)N3CCN(Cc4cc(C)no4)CC3)sc2C)cc1. The second-order valence-corrected chi connectivity index (χ2v) is 8.57. The van der Waals surface area contributed by atoms with E-state index in [4.69, 9.17) is 9.26 Å². The molecule has 0 bridgehead atoms. The van der Waals surface area contributed by atoms with Gasteiger partial charge in [-0.25, -0.2) is 0 Å². The van der Waals surface area contributed by atoms with Crippen LogP contribution in [0.25, 0.3) is 11.1 Å². The number of aromatic nitrogens is 1. The van der Waals surface area contributed by atoms with Crippen molar-refractivity contribution in [2.24, 2.45) is 0 Å². The predicted octanol–water partition coefficient (Wildman–Crippen LogP) is 3.99. The van der Waals surface area contributed by atoms with Crippen molar-refractivity contribution in [3.05, 3.63) is 57.6 Å². The van der Waals surface area contributed by atoms with Crippen LogP contribution in [0, 0.1) is 13.8 Å². The number of nitrogens with zero attached hydrogens (tertiary/aromatic N) is 3. The molecule has 0 aliphatic carbocycles. The molecule has 0 unspecified atom stereocenters. The number of amides is 1. The van der Waals surface area contributed by atoms with Gasteiger partial charge in [0.2, 0.25) is 0 Å². The van der Waals surface area contributed by atoms with E-state index >= 15 is 0 Å². The first kappa shape index (κ1) is 19.7. The van der Waals surface area contributed by atoms with Crippen LogP contribution in [-0.2, 0) is 6.54 Å². The van der Waals surface area contributed by atoms with Gasteiger partial charge in [0.25, 0.3) is 5.91 Å². The lowest BCUT2D eigenvalue weighted by molar-refractivity contribution is 0.0622. The fraction of sp³-hybridized carbons (Fsp3) is 0.364. The van der Waals surface area contributed by atoms with E-state index in [-0.39, 0.29) is 5.91 Å². The third-order valence-corrected chi connectivity index (χ3v) is 6.28. The summed E-state index contributed by atoms with van der Waals surface area (Å²) in [4.78, 5) is 19.2. The molecule has 29 heavy (non-hydrogen) atoms. The average Bonchev–Trinajstić information content (AvgIpc) is 3.33. The van der Waals surface area contributed by atoms with Crippen LogP contribution in [0.5, 0.6) is 5.75 Å². The molecule has 0 atom stereocenters. The maximum Gasteiger partial charge on any atom is 0.264 e. The van der Waals surface area contributed by atoms with E-state index in [0.717, 1.165) is 70.8 Å². The van der Waals surface area contributed by atoms with Gasteiger partial charge < -0.3 is 14.2 Å². The lowest BCUT2D eigenvalue weighted by Crippen LogP contribution is -2.48. The highest BCUT2D eigenvalue weighted by atomic mass is 32.1. The smallest absolute Gasteiger partial charge is 0.264 e. The van der Waals surface area contributed by atoms with Gasteiger partial charge in [-0.15, -0.1) is 11.3 Å². The molecule has 3 heterocycles. The van der Waals surface area contributed by atoms with Crippen molar-refractivity contribution in [1.29, 1.82) is 0 Å². The van der Waals surface area contributed by atoms with Gasteiger partial charge in [0.15, 0.2) is 5.76 Å². The number of hydrogen-bond donors (Lipinski definition) is 0. The van der Waals surface area contributed by atoms with Crippen molar-refractivity contribution in [3.63, 3.8) is 0 Å². The summed E-state index contributed by atoms with van der Waals surface area (Å²) < 4.78 is 10.5. The molecule has 1 saturated heterocycles. The zero-order chi connectivity index (χ0) is 20.4. The van der Waals surface area contributed by atoms with Crippen molar-refractivity contribution in [3.8, 4) is 16.9 Å². The van der Waals surface area contributed by atoms with Gasteiger partial charge in [0, 0.05) is 37.1 Å². The summed E-state index contributed by atoms with van der Waals surface area (Å²) in [5.41, 5.74) is 3.11. The third-order valence-electron chi connectivity index (χ3n) is 5.25. The standard InChI is InChI=1S/C22H25N3O3S/c1-15-12-19(28-23-15)14-24-8-10-25(11-9-24)22(26)21-13-20(16(2)29-21)17-4-6-18(27-3)7-5-17/h4-7,12-13H,8-11,14H2,1-3H3. The van der Waals surface area contributed by atoms with E-state index in [1.54, 1.807) is 18.4 Å². The topological polar surface area (TPSA) is 58.8 Å². The fourth-order valence-electron chi connectivity index (χ4n) is 3.62. The zero-order valence-corrected chi connectivity index (χ0v) is 17.8. The normalized spacial score (nSPS) is 14.9. The molecular formula is C22H25N3O3S. The summed E-state index contributed by atoms with van der Waals surface area (Å²) >= 11 is 1.57. The maximum atomic E-state index is 13.0. The highest BCUT2D eigenvalue weighted by Crippen LogP contribution is 2.32. The van der Waals surface area contributed by atoms with Crippen LogP contribution >= 0.6 is 11.3 Å².